The van der Waals surface area contributed by atoms with Crippen molar-refractivity contribution in [2.75, 3.05) is 6.54 Å². The van der Waals surface area contributed by atoms with Gasteiger partial charge in [-0.05, 0) is 24.0 Å². The number of nitrogens with one attached hydrogen (secondary N) is 1. The van der Waals surface area contributed by atoms with Crippen LogP contribution in [-0.2, 0) is 6.54 Å². The molecule has 0 radical (unpaired) electrons. The van der Waals surface area contributed by atoms with Crippen LogP contribution in [0.4, 0.5) is 0 Å². The predicted octanol–water partition coefficient (Wildman–Crippen LogP) is 6.06. The van der Waals surface area contributed by atoms with E-state index in [4.69, 9.17) is 0 Å². The molecule has 1 unspecified atom stereocenters. The first-order valence-corrected chi connectivity index (χ1v) is 9.58. The van der Waals surface area contributed by atoms with E-state index in [9.17, 15) is 0 Å². The summed E-state index contributed by atoms with van der Waals surface area (Å²) in [6.07, 6.45) is 4.22. The molecule has 138 valence electrons. The normalized spacial score (nSPS) is 11.0. The lowest BCUT2D eigenvalue weighted by Gasteiger charge is -2.18. The lowest BCUT2D eigenvalue weighted by molar-refractivity contribution is 0.378. The van der Waals surface area contributed by atoms with Gasteiger partial charge in [-0.1, -0.05) is 80.6 Å². The number of hydrogen-bond donors (Lipinski definition) is 1. The van der Waals surface area contributed by atoms with Gasteiger partial charge in [-0.15, -0.1) is 0 Å². The molecule has 0 aliphatic rings. The van der Waals surface area contributed by atoms with Crippen LogP contribution >= 0.6 is 0 Å². The minimum atomic E-state index is 0.306. The summed E-state index contributed by atoms with van der Waals surface area (Å²) in [6, 6.07) is 4.12. The summed E-state index contributed by atoms with van der Waals surface area (Å²) in [5.41, 5.74) is 2.38. The van der Waals surface area contributed by atoms with Crippen molar-refractivity contribution in [3.63, 3.8) is 0 Å². The molecule has 1 aromatic heterocycles. The molecule has 0 fully saturated rings. The summed E-state index contributed by atoms with van der Waals surface area (Å²) in [5, 5.41) is 3.43. The number of pyridine rings is 1. The third kappa shape index (κ3) is 14.3. The number of nitrogens with zero attached hydrogens (tertiary/aromatic N) is 1. The third-order valence-electron chi connectivity index (χ3n) is 2.97. The second-order valence-electron chi connectivity index (χ2n) is 6.66. The van der Waals surface area contributed by atoms with Gasteiger partial charge in [0.05, 0.1) is 5.69 Å². The molecule has 1 atom stereocenters. The van der Waals surface area contributed by atoms with Gasteiger partial charge in [0.1, 0.15) is 0 Å². The second-order valence-corrected chi connectivity index (χ2v) is 6.66. The van der Waals surface area contributed by atoms with E-state index in [0.29, 0.717) is 11.3 Å². The van der Waals surface area contributed by atoms with Gasteiger partial charge in [0.15, 0.2) is 0 Å². The largest absolute Gasteiger partial charge is 0.311 e. The van der Waals surface area contributed by atoms with Gasteiger partial charge < -0.3 is 5.32 Å². The highest BCUT2D eigenvalue weighted by Crippen LogP contribution is 2.10. The van der Waals surface area contributed by atoms with Crippen LogP contribution < -0.4 is 5.32 Å². The summed E-state index contributed by atoms with van der Waals surface area (Å²) in [4.78, 5) is 4.46. The van der Waals surface area contributed by atoms with E-state index in [-0.39, 0.29) is 0 Å². The van der Waals surface area contributed by atoms with E-state index in [2.05, 4.69) is 68.9 Å². The van der Waals surface area contributed by atoms with Crippen molar-refractivity contribution in [1.29, 1.82) is 0 Å². The first kappa shape index (κ1) is 24.9. The van der Waals surface area contributed by atoms with Crippen LogP contribution in [0.1, 0.15) is 86.4 Å². The van der Waals surface area contributed by atoms with Gasteiger partial charge in [-0.2, -0.15) is 0 Å². The molecule has 1 aromatic rings. The first-order chi connectivity index (χ1) is 11.4. The molecular formula is C22H40N2. The van der Waals surface area contributed by atoms with Crippen molar-refractivity contribution >= 4 is 0 Å². The minimum Gasteiger partial charge on any atom is -0.311 e. The lowest BCUT2D eigenvalue weighted by atomic mass is 9.97. The topological polar surface area (TPSA) is 24.9 Å². The fourth-order valence-corrected chi connectivity index (χ4v) is 1.88. The lowest BCUT2D eigenvalue weighted by Crippen LogP contribution is -2.26. The van der Waals surface area contributed by atoms with Gasteiger partial charge in [0.25, 0.3) is 0 Å². The van der Waals surface area contributed by atoms with Crippen LogP contribution in [0, 0.1) is 23.2 Å². The fourth-order valence-electron chi connectivity index (χ4n) is 1.88. The van der Waals surface area contributed by atoms with E-state index in [1.54, 1.807) is 0 Å². The van der Waals surface area contributed by atoms with Crippen molar-refractivity contribution in [3.05, 3.63) is 29.6 Å². The molecular weight excluding hydrogens is 292 g/mol. The standard InChI is InChI=1S/C18H28N2.2C2H6/c1-6-7-15(2)8-9-16-10-11-17(20-12-16)13-19-14-18(3,4)5;2*1-2/h10-12,15,19H,6-7,13-14H2,1-5H3;2*1-2H3. The zero-order chi connectivity index (χ0) is 19.0. The molecule has 0 bridgehead atoms. The van der Waals surface area contributed by atoms with Crippen molar-refractivity contribution < 1.29 is 0 Å². The highest BCUT2D eigenvalue weighted by Gasteiger charge is 2.08. The van der Waals surface area contributed by atoms with Crippen molar-refractivity contribution in [3.8, 4) is 11.8 Å². The van der Waals surface area contributed by atoms with Gasteiger partial charge >= 0.3 is 0 Å². The third-order valence-corrected chi connectivity index (χ3v) is 2.97. The Kier molecular flexibility index (Phi) is 15.8. The van der Waals surface area contributed by atoms with Gasteiger partial charge in [0, 0.05) is 30.8 Å². The summed E-state index contributed by atoms with van der Waals surface area (Å²) < 4.78 is 0. The van der Waals surface area contributed by atoms with E-state index in [1.807, 2.05) is 33.9 Å². The average molecular weight is 333 g/mol. The summed E-state index contributed by atoms with van der Waals surface area (Å²) >= 11 is 0. The van der Waals surface area contributed by atoms with E-state index < -0.39 is 0 Å². The minimum absolute atomic E-state index is 0.306. The average Bonchev–Trinajstić information content (AvgIpc) is 2.57. The highest BCUT2D eigenvalue weighted by molar-refractivity contribution is 5.32. The fraction of sp³-hybridized carbons (Fsp3) is 0.682. The molecule has 1 rings (SSSR count). The smallest absolute Gasteiger partial charge is 0.0542 e. The van der Waals surface area contributed by atoms with Crippen molar-refractivity contribution in [2.24, 2.45) is 11.3 Å². The number of hydrogen-bond acceptors (Lipinski definition) is 2. The molecule has 0 spiro atoms. The number of rotatable bonds is 5. The Hall–Kier alpha value is -1.33. The van der Waals surface area contributed by atoms with Crippen LogP contribution in [0.3, 0.4) is 0 Å². The molecule has 0 aromatic carbocycles. The quantitative estimate of drug-likeness (QED) is 0.663. The maximum atomic E-state index is 4.46. The molecule has 2 heteroatoms. The molecule has 0 aliphatic carbocycles. The van der Waals surface area contributed by atoms with E-state index in [1.165, 1.54) is 6.42 Å². The van der Waals surface area contributed by atoms with E-state index in [0.717, 1.165) is 30.8 Å². The summed E-state index contributed by atoms with van der Waals surface area (Å²) in [7, 11) is 0. The molecule has 1 heterocycles. The van der Waals surface area contributed by atoms with Crippen LogP contribution in [-0.4, -0.2) is 11.5 Å². The predicted molar refractivity (Wildman–Crippen MR) is 109 cm³/mol. The SMILES string of the molecule is CC.CC.CCCC(C)C#Cc1ccc(CNCC(C)(C)C)nc1. The first-order valence-electron chi connectivity index (χ1n) is 9.58. The zero-order valence-electron chi connectivity index (χ0n) is 17.6. The molecule has 0 aliphatic heterocycles. The maximum Gasteiger partial charge on any atom is 0.0542 e. The maximum absolute atomic E-state index is 4.46. The summed E-state index contributed by atoms with van der Waals surface area (Å²) in [5.74, 6) is 6.95. The Morgan fingerprint density at radius 2 is 1.75 bits per heavy atom. The molecule has 1 N–H and O–H groups in total. The van der Waals surface area contributed by atoms with Crippen molar-refractivity contribution in [2.45, 2.75) is 81.7 Å². The van der Waals surface area contributed by atoms with Crippen LogP contribution in [0.5, 0.6) is 0 Å². The summed E-state index contributed by atoms with van der Waals surface area (Å²) in [6.45, 7) is 20.9. The number of aromatic nitrogens is 1. The molecule has 0 saturated carbocycles. The molecule has 0 saturated heterocycles. The van der Waals surface area contributed by atoms with Crippen LogP contribution in [0.15, 0.2) is 18.3 Å². The van der Waals surface area contributed by atoms with Crippen LogP contribution in [0.2, 0.25) is 0 Å². The van der Waals surface area contributed by atoms with E-state index >= 15 is 0 Å². The molecule has 0 amide bonds. The zero-order valence-corrected chi connectivity index (χ0v) is 17.6. The van der Waals surface area contributed by atoms with Gasteiger partial charge in [0.2, 0.25) is 0 Å². The molecule has 24 heavy (non-hydrogen) atoms. The van der Waals surface area contributed by atoms with Gasteiger partial charge in [-0.3, -0.25) is 4.98 Å². The Labute approximate surface area is 151 Å². The molecule has 2 nitrogen and oxygen atoms in total. The monoisotopic (exact) mass is 332 g/mol. The van der Waals surface area contributed by atoms with Gasteiger partial charge in [-0.25, -0.2) is 0 Å². The second kappa shape index (κ2) is 15.2. The van der Waals surface area contributed by atoms with Crippen LogP contribution in [0.25, 0.3) is 0 Å². The Balaban J connectivity index is 0. The Bertz CT molecular complexity index is 444. The highest BCUT2D eigenvalue weighted by atomic mass is 14.9. The van der Waals surface area contributed by atoms with Crippen molar-refractivity contribution in [1.82, 2.24) is 10.3 Å². The Morgan fingerprint density at radius 3 is 2.21 bits per heavy atom. The Morgan fingerprint density at radius 1 is 1.12 bits per heavy atom.